The second-order valence-electron chi connectivity index (χ2n) is 7.02. The van der Waals surface area contributed by atoms with Gasteiger partial charge in [0.05, 0.1) is 9.77 Å². The molecule has 1 amide bonds. The molecular formula is C18H21ClFNOS2. The molecule has 0 radical (unpaired) electrons. The Morgan fingerprint density at radius 1 is 1.21 bits per heavy atom. The van der Waals surface area contributed by atoms with E-state index < -0.39 is 5.82 Å². The lowest BCUT2D eigenvalue weighted by Crippen LogP contribution is -2.48. The van der Waals surface area contributed by atoms with Crippen LogP contribution in [0.4, 0.5) is 10.1 Å². The molecule has 1 saturated heterocycles. The van der Waals surface area contributed by atoms with Gasteiger partial charge in [0.1, 0.15) is 5.82 Å². The van der Waals surface area contributed by atoms with Gasteiger partial charge in [-0.1, -0.05) is 18.0 Å². The van der Waals surface area contributed by atoms with Crippen LogP contribution in [0.1, 0.15) is 32.1 Å². The highest BCUT2D eigenvalue weighted by Gasteiger charge is 2.55. The third-order valence-corrected chi connectivity index (χ3v) is 9.93. The molecule has 1 N–H and O–H groups in total. The van der Waals surface area contributed by atoms with E-state index in [0.29, 0.717) is 20.9 Å². The SMILES string of the molecule is O=C(Nc1ccc(Cl)cc1F)C1C[C@H]2CCC[C@H](C1)C21SCCS1. The van der Waals surface area contributed by atoms with Gasteiger partial charge in [-0.05, 0) is 55.7 Å². The number of halogens is 2. The molecule has 2 saturated carbocycles. The number of nitrogens with one attached hydrogen (secondary N) is 1. The van der Waals surface area contributed by atoms with E-state index in [4.69, 9.17) is 11.6 Å². The summed E-state index contributed by atoms with van der Waals surface area (Å²) in [6.45, 7) is 0. The number of amides is 1. The van der Waals surface area contributed by atoms with E-state index >= 15 is 0 Å². The Hall–Kier alpha value is -0.390. The summed E-state index contributed by atoms with van der Waals surface area (Å²) in [7, 11) is 0. The summed E-state index contributed by atoms with van der Waals surface area (Å²) in [6, 6.07) is 4.40. The fourth-order valence-corrected chi connectivity index (χ4v) is 8.74. The number of hydrogen-bond acceptors (Lipinski definition) is 3. The van der Waals surface area contributed by atoms with Crippen molar-refractivity contribution in [2.75, 3.05) is 16.8 Å². The lowest BCUT2D eigenvalue weighted by molar-refractivity contribution is -0.122. The first-order chi connectivity index (χ1) is 11.6. The van der Waals surface area contributed by atoms with E-state index in [-0.39, 0.29) is 17.5 Å². The molecule has 1 heterocycles. The maximum Gasteiger partial charge on any atom is 0.227 e. The Kier molecular flexibility index (Phi) is 4.78. The van der Waals surface area contributed by atoms with Crippen LogP contribution in [0.3, 0.4) is 0 Å². The molecule has 1 aromatic rings. The molecular weight excluding hydrogens is 365 g/mol. The van der Waals surface area contributed by atoms with Crippen LogP contribution in [-0.2, 0) is 4.79 Å². The zero-order chi connectivity index (χ0) is 16.7. The Balaban J connectivity index is 1.48. The number of carbonyl (C=O) groups is 1. The third kappa shape index (κ3) is 2.97. The first-order valence-corrected chi connectivity index (χ1v) is 11.0. The second kappa shape index (κ2) is 6.73. The average molecular weight is 386 g/mol. The molecule has 2 nitrogen and oxygen atoms in total. The molecule has 2 bridgehead atoms. The summed E-state index contributed by atoms with van der Waals surface area (Å²) >= 11 is 10.1. The van der Waals surface area contributed by atoms with Crippen LogP contribution in [0.5, 0.6) is 0 Å². The van der Waals surface area contributed by atoms with Gasteiger partial charge in [0.2, 0.25) is 5.91 Å². The Morgan fingerprint density at radius 3 is 2.50 bits per heavy atom. The molecule has 3 fully saturated rings. The molecule has 1 spiro atoms. The van der Waals surface area contributed by atoms with Gasteiger partial charge in [0, 0.05) is 22.4 Å². The number of hydrogen-bond donors (Lipinski definition) is 1. The van der Waals surface area contributed by atoms with Crippen molar-refractivity contribution in [2.24, 2.45) is 17.8 Å². The van der Waals surface area contributed by atoms with Crippen molar-refractivity contribution in [3.8, 4) is 0 Å². The van der Waals surface area contributed by atoms with Crippen LogP contribution in [0.25, 0.3) is 0 Å². The predicted molar refractivity (Wildman–Crippen MR) is 101 cm³/mol. The van der Waals surface area contributed by atoms with Crippen molar-refractivity contribution >= 4 is 46.7 Å². The Bertz CT molecular complexity index is 634. The van der Waals surface area contributed by atoms with Crippen LogP contribution >= 0.6 is 35.1 Å². The van der Waals surface area contributed by atoms with Gasteiger partial charge in [-0.25, -0.2) is 4.39 Å². The predicted octanol–water partition coefficient (Wildman–Crippen LogP) is 5.42. The monoisotopic (exact) mass is 385 g/mol. The number of thioether (sulfide) groups is 2. The van der Waals surface area contributed by atoms with Crippen LogP contribution in [0.15, 0.2) is 18.2 Å². The largest absolute Gasteiger partial charge is 0.323 e. The van der Waals surface area contributed by atoms with Crippen LogP contribution < -0.4 is 5.32 Å². The maximum absolute atomic E-state index is 13.9. The topological polar surface area (TPSA) is 29.1 Å². The molecule has 6 heteroatoms. The molecule has 2 aliphatic carbocycles. The van der Waals surface area contributed by atoms with Crippen LogP contribution in [-0.4, -0.2) is 21.5 Å². The second-order valence-corrected chi connectivity index (χ2v) is 10.5. The van der Waals surface area contributed by atoms with Gasteiger partial charge in [-0.3, -0.25) is 4.79 Å². The number of rotatable bonds is 2. The molecule has 4 rings (SSSR count). The highest BCUT2D eigenvalue weighted by atomic mass is 35.5. The first-order valence-electron chi connectivity index (χ1n) is 8.62. The van der Waals surface area contributed by atoms with Crippen LogP contribution in [0, 0.1) is 23.6 Å². The molecule has 130 valence electrons. The lowest BCUT2D eigenvalue weighted by Gasteiger charge is -2.52. The lowest BCUT2D eigenvalue weighted by atomic mass is 9.67. The van der Waals surface area contributed by atoms with E-state index in [1.807, 2.05) is 0 Å². The van der Waals surface area contributed by atoms with Gasteiger partial charge in [0.25, 0.3) is 0 Å². The molecule has 1 aromatic carbocycles. The van der Waals surface area contributed by atoms with Gasteiger partial charge in [0.15, 0.2) is 0 Å². The molecule has 3 aliphatic rings. The molecule has 1 aliphatic heterocycles. The van der Waals surface area contributed by atoms with Crippen molar-refractivity contribution in [1.82, 2.24) is 0 Å². The summed E-state index contributed by atoms with van der Waals surface area (Å²) < 4.78 is 14.3. The Labute approximate surface area is 155 Å². The fourth-order valence-electron chi connectivity index (χ4n) is 4.65. The van der Waals surface area contributed by atoms with E-state index in [0.717, 1.165) is 12.8 Å². The average Bonchev–Trinajstić information content (AvgIpc) is 2.99. The first kappa shape index (κ1) is 17.0. The minimum atomic E-state index is -0.467. The van der Waals surface area contributed by atoms with Crippen molar-refractivity contribution in [2.45, 2.75) is 36.2 Å². The fraction of sp³-hybridized carbons (Fsp3) is 0.611. The maximum atomic E-state index is 13.9. The summed E-state index contributed by atoms with van der Waals surface area (Å²) in [4.78, 5) is 12.7. The minimum Gasteiger partial charge on any atom is -0.323 e. The molecule has 2 atom stereocenters. The van der Waals surface area contributed by atoms with E-state index in [9.17, 15) is 9.18 Å². The zero-order valence-corrected chi connectivity index (χ0v) is 15.8. The zero-order valence-electron chi connectivity index (χ0n) is 13.4. The number of anilines is 1. The van der Waals surface area contributed by atoms with Gasteiger partial charge >= 0.3 is 0 Å². The molecule has 0 unspecified atom stereocenters. The molecule has 24 heavy (non-hydrogen) atoms. The van der Waals surface area contributed by atoms with E-state index in [1.54, 1.807) is 12.1 Å². The smallest absolute Gasteiger partial charge is 0.227 e. The van der Waals surface area contributed by atoms with Gasteiger partial charge in [-0.2, -0.15) is 0 Å². The van der Waals surface area contributed by atoms with Crippen molar-refractivity contribution in [3.63, 3.8) is 0 Å². The van der Waals surface area contributed by atoms with Gasteiger partial charge in [-0.15, -0.1) is 23.5 Å². The normalized spacial score (nSPS) is 31.2. The summed E-state index contributed by atoms with van der Waals surface area (Å²) in [5.41, 5.74) is 0.236. The summed E-state index contributed by atoms with van der Waals surface area (Å²) in [6.07, 6.45) is 5.64. The number of carbonyl (C=O) groups excluding carboxylic acids is 1. The number of benzene rings is 1. The van der Waals surface area contributed by atoms with Crippen molar-refractivity contribution in [3.05, 3.63) is 29.0 Å². The van der Waals surface area contributed by atoms with Crippen molar-refractivity contribution < 1.29 is 9.18 Å². The van der Waals surface area contributed by atoms with E-state index in [2.05, 4.69) is 28.8 Å². The standard InChI is InChI=1S/C18H21ClFNOS2/c19-14-4-5-16(15(20)10-14)21-17(22)11-8-12-2-1-3-13(9-11)18(12)23-6-7-24-18/h4-5,10-13H,1-3,6-9H2,(H,21,22)/t12-,13-/m1/s1. The Morgan fingerprint density at radius 2 is 1.88 bits per heavy atom. The van der Waals surface area contributed by atoms with Gasteiger partial charge < -0.3 is 5.32 Å². The van der Waals surface area contributed by atoms with Crippen LogP contribution in [0.2, 0.25) is 5.02 Å². The minimum absolute atomic E-state index is 0.00260. The highest BCUT2D eigenvalue weighted by molar-refractivity contribution is 8.21. The third-order valence-electron chi connectivity index (χ3n) is 5.68. The van der Waals surface area contributed by atoms with E-state index in [1.165, 1.54) is 36.8 Å². The molecule has 0 aromatic heterocycles. The van der Waals surface area contributed by atoms with Crippen molar-refractivity contribution in [1.29, 1.82) is 0 Å². The summed E-state index contributed by atoms with van der Waals surface area (Å²) in [5, 5.41) is 3.13. The highest BCUT2D eigenvalue weighted by Crippen LogP contribution is 2.64. The summed E-state index contributed by atoms with van der Waals surface area (Å²) in [5.74, 6) is 3.22. The quantitative estimate of drug-likeness (QED) is 0.736.